The molecule has 0 amide bonds. The number of aryl methyl sites for hydroxylation is 2. The van der Waals surface area contributed by atoms with Crippen molar-refractivity contribution in [2.75, 3.05) is 4.72 Å². The number of nitrogens with zero attached hydrogens (tertiary/aromatic N) is 2. The Labute approximate surface area is 118 Å². The number of hydrogen-bond donors (Lipinski definition) is 1. The third-order valence-corrected chi connectivity index (χ3v) is 4.20. The largest absolute Gasteiger partial charge is 0.279 e. The number of pyridine rings is 1. The second-order valence-electron chi connectivity index (χ2n) is 4.39. The summed E-state index contributed by atoms with van der Waals surface area (Å²) in [5, 5.41) is 8.94. The molecule has 0 aliphatic heterocycles. The van der Waals surface area contributed by atoms with Gasteiger partial charge in [0.05, 0.1) is 5.69 Å². The number of nitrogens with one attached hydrogen (secondary N) is 1. The van der Waals surface area contributed by atoms with Crippen LogP contribution >= 0.6 is 0 Å². The Morgan fingerprint density at radius 2 is 2.00 bits per heavy atom. The highest BCUT2D eigenvalue weighted by molar-refractivity contribution is 7.92. The highest BCUT2D eigenvalue weighted by Crippen LogP contribution is 2.21. The smallest absolute Gasteiger partial charge is 0.264 e. The van der Waals surface area contributed by atoms with Gasteiger partial charge in [-0.05, 0) is 43.2 Å². The average molecular weight is 287 g/mol. The minimum absolute atomic E-state index is 0.120. The molecule has 1 aromatic heterocycles. The van der Waals surface area contributed by atoms with Crippen LogP contribution < -0.4 is 4.72 Å². The normalized spacial score (nSPS) is 10.8. The topological polar surface area (TPSA) is 82.8 Å². The van der Waals surface area contributed by atoms with Crippen LogP contribution in [0, 0.1) is 25.2 Å². The highest BCUT2D eigenvalue weighted by atomic mass is 32.2. The van der Waals surface area contributed by atoms with Gasteiger partial charge in [-0.3, -0.25) is 4.72 Å². The fourth-order valence-electron chi connectivity index (χ4n) is 1.74. The van der Waals surface area contributed by atoms with E-state index in [1.807, 2.05) is 26.0 Å². The van der Waals surface area contributed by atoms with E-state index in [1.165, 1.54) is 18.3 Å². The molecule has 5 nitrogen and oxygen atoms in total. The Bertz CT molecular complexity index is 792. The molecule has 1 heterocycles. The van der Waals surface area contributed by atoms with Crippen LogP contribution in [0.25, 0.3) is 0 Å². The summed E-state index contributed by atoms with van der Waals surface area (Å²) in [5.74, 6) is 0. The van der Waals surface area contributed by atoms with Crippen LogP contribution in [-0.2, 0) is 10.0 Å². The molecule has 0 saturated carbocycles. The monoisotopic (exact) mass is 287 g/mol. The summed E-state index contributed by atoms with van der Waals surface area (Å²) in [6.45, 7) is 3.69. The maximum absolute atomic E-state index is 12.3. The molecule has 0 atom stereocenters. The molecule has 1 aromatic carbocycles. The fraction of sp³-hybridized carbons (Fsp3) is 0.143. The second-order valence-corrected chi connectivity index (χ2v) is 6.04. The summed E-state index contributed by atoms with van der Waals surface area (Å²) in [6.07, 6.45) is 1.38. The van der Waals surface area contributed by atoms with Gasteiger partial charge in [0.2, 0.25) is 0 Å². The zero-order valence-electron chi connectivity index (χ0n) is 11.1. The molecular weight excluding hydrogens is 274 g/mol. The van der Waals surface area contributed by atoms with Gasteiger partial charge < -0.3 is 0 Å². The first-order valence-electron chi connectivity index (χ1n) is 5.89. The Kier molecular flexibility index (Phi) is 3.72. The zero-order valence-corrected chi connectivity index (χ0v) is 11.9. The fourth-order valence-corrected chi connectivity index (χ4v) is 2.97. The lowest BCUT2D eigenvalue weighted by Crippen LogP contribution is -2.15. The number of rotatable bonds is 3. The van der Waals surface area contributed by atoms with E-state index in [1.54, 1.807) is 12.1 Å². The van der Waals surface area contributed by atoms with Crippen LogP contribution in [0.5, 0.6) is 0 Å². The molecule has 2 aromatic rings. The number of nitriles is 1. The third-order valence-electron chi connectivity index (χ3n) is 2.80. The van der Waals surface area contributed by atoms with Crippen LogP contribution in [0.2, 0.25) is 0 Å². The molecule has 0 spiro atoms. The molecule has 0 radical (unpaired) electrons. The molecular formula is C14H13N3O2S. The highest BCUT2D eigenvalue weighted by Gasteiger charge is 2.20. The number of sulfonamides is 1. The molecule has 20 heavy (non-hydrogen) atoms. The van der Waals surface area contributed by atoms with Gasteiger partial charge in [-0.15, -0.1) is 0 Å². The van der Waals surface area contributed by atoms with Crippen LogP contribution in [-0.4, -0.2) is 13.4 Å². The van der Waals surface area contributed by atoms with E-state index >= 15 is 0 Å². The maximum Gasteiger partial charge on any atom is 0.264 e. The van der Waals surface area contributed by atoms with Crippen molar-refractivity contribution in [3.63, 3.8) is 0 Å². The van der Waals surface area contributed by atoms with Crippen molar-refractivity contribution in [3.05, 3.63) is 53.3 Å². The van der Waals surface area contributed by atoms with Gasteiger partial charge in [-0.25, -0.2) is 13.4 Å². The SMILES string of the molecule is Cc1ccc(C)c(NS(=O)(=O)c2cccnc2C#N)c1. The molecule has 2 rings (SSSR count). The first-order valence-corrected chi connectivity index (χ1v) is 7.37. The van der Waals surface area contributed by atoms with Crippen molar-refractivity contribution in [2.24, 2.45) is 0 Å². The maximum atomic E-state index is 12.3. The molecule has 102 valence electrons. The van der Waals surface area contributed by atoms with E-state index in [0.29, 0.717) is 5.69 Å². The Hall–Kier alpha value is -2.39. The molecule has 0 bridgehead atoms. The third kappa shape index (κ3) is 2.78. The van der Waals surface area contributed by atoms with E-state index in [4.69, 9.17) is 5.26 Å². The van der Waals surface area contributed by atoms with Gasteiger partial charge in [-0.2, -0.15) is 5.26 Å². The Morgan fingerprint density at radius 3 is 2.70 bits per heavy atom. The van der Waals surface area contributed by atoms with Crippen molar-refractivity contribution in [1.82, 2.24) is 4.98 Å². The summed E-state index contributed by atoms with van der Waals surface area (Å²) in [5.41, 5.74) is 2.13. The van der Waals surface area contributed by atoms with Gasteiger partial charge in [0.25, 0.3) is 10.0 Å². The van der Waals surface area contributed by atoms with Gasteiger partial charge in [0.15, 0.2) is 5.69 Å². The lowest BCUT2D eigenvalue weighted by atomic mass is 10.1. The van der Waals surface area contributed by atoms with Gasteiger partial charge in [0.1, 0.15) is 11.0 Å². The van der Waals surface area contributed by atoms with E-state index in [0.717, 1.165) is 11.1 Å². The predicted octanol–water partition coefficient (Wildman–Crippen LogP) is 2.37. The first kappa shape index (κ1) is 14.0. The van der Waals surface area contributed by atoms with E-state index in [-0.39, 0.29) is 10.6 Å². The van der Waals surface area contributed by atoms with Crippen LogP contribution in [0.15, 0.2) is 41.4 Å². The number of benzene rings is 1. The molecule has 0 fully saturated rings. The van der Waals surface area contributed by atoms with Crippen molar-refractivity contribution >= 4 is 15.7 Å². The second kappa shape index (κ2) is 5.31. The van der Waals surface area contributed by atoms with Crippen molar-refractivity contribution in [1.29, 1.82) is 5.26 Å². The van der Waals surface area contributed by atoms with Gasteiger partial charge in [0, 0.05) is 6.20 Å². The molecule has 0 aliphatic rings. The van der Waals surface area contributed by atoms with E-state index in [9.17, 15) is 8.42 Å². The first-order chi connectivity index (χ1) is 9.44. The molecule has 1 N–H and O–H groups in total. The number of hydrogen-bond acceptors (Lipinski definition) is 4. The lowest BCUT2D eigenvalue weighted by Gasteiger charge is -2.11. The molecule has 0 saturated heterocycles. The summed E-state index contributed by atoms with van der Waals surface area (Å²) in [6, 6.07) is 10.1. The van der Waals surface area contributed by atoms with Crippen molar-refractivity contribution in [2.45, 2.75) is 18.7 Å². The number of anilines is 1. The van der Waals surface area contributed by atoms with Crippen LogP contribution in [0.3, 0.4) is 0 Å². The minimum Gasteiger partial charge on any atom is -0.279 e. The lowest BCUT2D eigenvalue weighted by molar-refractivity contribution is 0.600. The predicted molar refractivity (Wildman–Crippen MR) is 75.7 cm³/mol. The summed E-state index contributed by atoms with van der Waals surface area (Å²) < 4.78 is 27.2. The Morgan fingerprint density at radius 1 is 1.25 bits per heavy atom. The standard InChI is InChI=1S/C14H13N3O2S/c1-10-5-6-11(2)12(8-10)17-20(18,19)14-4-3-7-16-13(14)9-15/h3-8,17H,1-2H3. The Balaban J connectivity index is 2.47. The zero-order chi connectivity index (χ0) is 14.8. The summed E-state index contributed by atoms with van der Waals surface area (Å²) in [7, 11) is -3.83. The number of aromatic nitrogens is 1. The van der Waals surface area contributed by atoms with Crippen LogP contribution in [0.1, 0.15) is 16.8 Å². The molecule has 0 aliphatic carbocycles. The van der Waals surface area contributed by atoms with Crippen molar-refractivity contribution in [3.8, 4) is 6.07 Å². The summed E-state index contributed by atoms with van der Waals surface area (Å²) in [4.78, 5) is 3.64. The molecule has 0 unspecified atom stereocenters. The van der Waals surface area contributed by atoms with Gasteiger partial charge >= 0.3 is 0 Å². The van der Waals surface area contributed by atoms with E-state index in [2.05, 4.69) is 9.71 Å². The average Bonchev–Trinajstić information content (AvgIpc) is 2.42. The van der Waals surface area contributed by atoms with Gasteiger partial charge in [-0.1, -0.05) is 12.1 Å². The minimum atomic E-state index is -3.83. The quantitative estimate of drug-likeness (QED) is 0.939. The molecule has 6 heteroatoms. The van der Waals surface area contributed by atoms with E-state index < -0.39 is 10.0 Å². The summed E-state index contributed by atoms with van der Waals surface area (Å²) >= 11 is 0. The van der Waals surface area contributed by atoms with Crippen molar-refractivity contribution < 1.29 is 8.42 Å². The van der Waals surface area contributed by atoms with Crippen LogP contribution in [0.4, 0.5) is 5.69 Å².